The molecule has 0 saturated carbocycles. The van der Waals surface area contributed by atoms with E-state index in [9.17, 15) is 0 Å². The van der Waals surface area contributed by atoms with Gasteiger partial charge >= 0.3 is 0 Å². The SMILES string of the molecule is COCCCNc1cc2ccc(Br)cc2n1-c1ccnc(N)n1. The minimum atomic E-state index is 0.254. The number of ether oxygens (including phenoxy) is 1. The number of methoxy groups -OCH3 is 1. The number of benzene rings is 1. The maximum Gasteiger partial charge on any atom is 0.221 e. The molecule has 0 radical (unpaired) electrons. The summed E-state index contributed by atoms with van der Waals surface area (Å²) < 4.78 is 8.15. The van der Waals surface area contributed by atoms with Crippen LogP contribution in [0.1, 0.15) is 6.42 Å². The number of halogens is 1. The van der Waals surface area contributed by atoms with Crippen LogP contribution in [0.25, 0.3) is 16.7 Å². The maximum absolute atomic E-state index is 5.75. The van der Waals surface area contributed by atoms with Gasteiger partial charge in [0.25, 0.3) is 0 Å². The zero-order valence-corrected chi connectivity index (χ0v) is 14.4. The first-order chi connectivity index (χ1) is 11.2. The Morgan fingerprint density at radius 3 is 2.96 bits per heavy atom. The lowest BCUT2D eigenvalue weighted by Gasteiger charge is -2.12. The minimum absolute atomic E-state index is 0.254. The van der Waals surface area contributed by atoms with E-state index in [1.54, 1.807) is 13.3 Å². The number of nitrogen functional groups attached to an aromatic ring is 1. The van der Waals surface area contributed by atoms with Crippen molar-refractivity contribution in [3.8, 4) is 5.82 Å². The molecule has 0 unspecified atom stereocenters. The number of nitrogens with zero attached hydrogens (tertiary/aromatic N) is 3. The van der Waals surface area contributed by atoms with Gasteiger partial charge in [0.15, 0.2) is 0 Å². The molecule has 1 aromatic carbocycles. The van der Waals surface area contributed by atoms with Crippen molar-refractivity contribution in [3.05, 3.63) is 41.0 Å². The number of anilines is 2. The molecule has 0 saturated heterocycles. The van der Waals surface area contributed by atoms with Crippen molar-refractivity contribution in [1.82, 2.24) is 14.5 Å². The van der Waals surface area contributed by atoms with Crippen LogP contribution in [0, 0.1) is 0 Å². The summed E-state index contributed by atoms with van der Waals surface area (Å²) in [4.78, 5) is 8.32. The van der Waals surface area contributed by atoms with Crippen LogP contribution in [0.2, 0.25) is 0 Å². The number of rotatable bonds is 6. The first-order valence-electron chi connectivity index (χ1n) is 7.32. The summed E-state index contributed by atoms with van der Waals surface area (Å²) in [5.74, 6) is 1.96. The van der Waals surface area contributed by atoms with E-state index in [1.807, 2.05) is 16.7 Å². The molecule has 0 amide bonds. The molecule has 23 heavy (non-hydrogen) atoms. The molecule has 7 heteroatoms. The van der Waals surface area contributed by atoms with Gasteiger partial charge in [0, 0.05) is 36.3 Å². The number of nitrogens with two attached hydrogens (primary N) is 1. The first-order valence-corrected chi connectivity index (χ1v) is 8.11. The quantitative estimate of drug-likeness (QED) is 0.646. The van der Waals surface area contributed by atoms with Crippen molar-refractivity contribution in [1.29, 1.82) is 0 Å². The lowest BCUT2D eigenvalue weighted by atomic mass is 10.2. The zero-order chi connectivity index (χ0) is 16.2. The van der Waals surface area contributed by atoms with Crippen molar-refractivity contribution in [3.63, 3.8) is 0 Å². The second-order valence-corrected chi connectivity index (χ2v) is 6.03. The van der Waals surface area contributed by atoms with Crippen LogP contribution in [0.5, 0.6) is 0 Å². The molecule has 120 valence electrons. The Morgan fingerprint density at radius 1 is 1.30 bits per heavy atom. The van der Waals surface area contributed by atoms with Crippen LogP contribution < -0.4 is 11.1 Å². The Morgan fingerprint density at radius 2 is 2.17 bits per heavy atom. The number of hydrogen-bond acceptors (Lipinski definition) is 5. The number of hydrogen-bond donors (Lipinski definition) is 2. The molecule has 2 heterocycles. The lowest BCUT2D eigenvalue weighted by Crippen LogP contribution is -2.10. The molecule has 3 aromatic rings. The molecular weight excluding hydrogens is 358 g/mol. The Balaban J connectivity index is 2.05. The average molecular weight is 376 g/mol. The summed E-state index contributed by atoms with van der Waals surface area (Å²) in [6.07, 6.45) is 2.59. The highest BCUT2D eigenvalue weighted by Crippen LogP contribution is 2.29. The second-order valence-electron chi connectivity index (χ2n) is 5.11. The van der Waals surface area contributed by atoms with E-state index in [1.165, 1.54) is 0 Å². The summed E-state index contributed by atoms with van der Waals surface area (Å²) in [5, 5.41) is 4.57. The first kappa shape index (κ1) is 15.8. The molecule has 0 aliphatic rings. The largest absolute Gasteiger partial charge is 0.385 e. The van der Waals surface area contributed by atoms with Crippen LogP contribution in [-0.2, 0) is 4.74 Å². The van der Waals surface area contributed by atoms with E-state index in [4.69, 9.17) is 10.5 Å². The standard InChI is InChI=1S/C16H18BrN5O/c1-23-8-2-6-19-15-9-11-3-4-12(17)10-13(11)22(15)14-5-7-20-16(18)21-14/h3-5,7,9-10,19H,2,6,8H2,1H3,(H2,18,20,21). The van der Waals surface area contributed by atoms with E-state index in [-0.39, 0.29) is 5.95 Å². The van der Waals surface area contributed by atoms with Gasteiger partial charge in [0.05, 0.1) is 5.52 Å². The second kappa shape index (κ2) is 6.97. The topological polar surface area (TPSA) is 78.0 Å². The van der Waals surface area contributed by atoms with Gasteiger partial charge in [-0.25, -0.2) is 4.98 Å². The van der Waals surface area contributed by atoms with Crippen LogP contribution >= 0.6 is 15.9 Å². The fourth-order valence-corrected chi connectivity index (χ4v) is 2.82. The number of nitrogens with one attached hydrogen (secondary N) is 1. The average Bonchev–Trinajstić information content (AvgIpc) is 2.89. The molecule has 0 atom stereocenters. The fourth-order valence-electron chi connectivity index (χ4n) is 2.47. The smallest absolute Gasteiger partial charge is 0.221 e. The van der Waals surface area contributed by atoms with Crippen LogP contribution in [-0.4, -0.2) is 34.8 Å². The van der Waals surface area contributed by atoms with Gasteiger partial charge in [0.2, 0.25) is 5.95 Å². The molecule has 6 nitrogen and oxygen atoms in total. The Bertz CT molecular complexity index is 817. The van der Waals surface area contributed by atoms with Crippen molar-refractivity contribution < 1.29 is 4.74 Å². The molecule has 0 spiro atoms. The van der Waals surface area contributed by atoms with E-state index in [0.717, 1.165) is 46.6 Å². The van der Waals surface area contributed by atoms with Crippen LogP contribution in [0.4, 0.5) is 11.8 Å². The minimum Gasteiger partial charge on any atom is -0.385 e. The van der Waals surface area contributed by atoms with Crippen molar-refractivity contribution in [2.75, 3.05) is 31.3 Å². The van der Waals surface area contributed by atoms with E-state index >= 15 is 0 Å². The highest BCUT2D eigenvalue weighted by Gasteiger charge is 2.12. The van der Waals surface area contributed by atoms with Crippen molar-refractivity contribution >= 4 is 38.6 Å². The van der Waals surface area contributed by atoms with E-state index in [2.05, 4.69) is 49.4 Å². The van der Waals surface area contributed by atoms with Gasteiger partial charge in [-0.05, 0) is 30.7 Å². The van der Waals surface area contributed by atoms with E-state index < -0.39 is 0 Å². The molecular formula is C16H18BrN5O. The van der Waals surface area contributed by atoms with Gasteiger partial charge in [-0.15, -0.1) is 0 Å². The molecule has 0 fully saturated rings. The molecule has 0 aliphatic carbocycles. The third kappa shape index (κ3) is 3.46. The summed E-state index contributed by atoms with van der Waals surface area (Å²) in [6.45, 7) is 1.53. The van der Waals surface area contributed by atoms with Gasteiger partial charge in [0.1, 0.15) is 11.6 Å². The summed E-state index contributed by atoms with van der Waals surface area (Å²) in [5.41, 5.74) is 6.79. The van der Waals surface area contributed by atoms with Gasteiger partial charge in [-0.3, -0.25) is 4.57 Å². The van der Waals surface area contributed by atoms with Crippen LogP contribution in [0.15, 0.2) is 41.0 Å². The molecule has 0 bridgehead atoms. The van der Waals surface area contributed by atoms with Gasteiger partial charge in [-0.2, -0.15) is 4.98 Å². The third-order valence-electron chi connectivity index (χ3n) is 3.49. The highest BCUT2D eigenvalue weighted by molar-refractivity contribution is 9.10. The Kier molecular flexibility index (Phi) is 4.78. The predicted octanol–water partition coefficient (Wildman–Crippen LogP) is 3.21. The summed E-state index contributed by atoms with van der Waals surface area (Å²) in [6, 6.07) is 10.1. The van der Waals surface area contributed by atoms with Gasteiger partial charge in [-0.1, -0.05) is 22.0 Å². The third-order valence-corrected chi connectivity index (χ3v) is 3.98. The predicted molar refractivity (Wildman–Crippen MR) is 96.0 cm³/mol. The maximum atomic E-state index is 5.75. The van der Waals surface area contributed by atoms with Crippen LogP contribution in [0.3, 0.4) is 0 Å². The van der Waals surface area contributed by atoms with Gasteiger partial charge < -0.3 is 15.8 Å². The zero-order valence-electron chi connectivity index (χ0n) is 12.8. The molecule has 2 aromatic heterocycles. The number of aromatic nitrogens is 3. The normalized spacial score (nSPS) is 11.0. The number of fused-ring (bicyclic) bond motifs is 1. The fraction of sp³-hybridized carbons (Fsp3) is 0.250. The lowest BCUT2D eigenvalue weighted by molar-refractivity contribution is 0.197. The monoisotopic (exact) mass is 375 g/mol. The molecule has 3 N–H and O–H groups in total. The van der Waals surface area contributed by atoms with Crippen molar-refractivity contribution in [2.45, 2.75) is 6.42 Å². The summed E-state index contributed by atoms with van der Waals surface area (Å²) >= 11 is 3.53. The Labute approximate surface area is 142 Å². The highest BCUT2D eigenvalue weighted by atomic mass is 79.9. The van der Waals surface area contributed by atoms with Crippen molar-refractivity contribution in [2.24, 2.45) is 0 Å². The molecule has 3 rings (SSSR count). The Hall–Kier alpha value is -2.12. The van der Waals surface area contributed by atoms with E-state index in [0.29, 0.717) is 0 Å². The molecule has 0 aliphatic heterocycles. The summed E-state index contributed by atoms with van der Waals surface area (Å²) in [7, 11) is 1.71.